The summed E-state index contributed by atoms with van der Waals surface area (Å²) < 4.78 is 13.5. The largest absolute Gasteiger partial charge is 0.379 e. The molecule has 3 heteroatoms. The fourth-order valence-electron chi connectivity index (χ4n) is 2.01. The molecule has 1 aliphatic rings. The summed E-state index contributed by atoms with van der Waals surface area (Å²) in [5, 5.41) is 3.93. The standard InChI is InChI=1S/C12H15ClFN/c13-9-5-7-10(8-6-9)15-12-4-2-1-3-11(12)14/h5-8,11-12,15H,1-4H2/t11-,12-/m0/s1. The van der Waals surface area contributed by atoms with Crippen LogP contribution in [0.25, 0.3) is 0 Å². The molecule has 0 aliphatic heterocycles. The topological polar surface area (TPSA) is 12.0 Å². The highest BCUT2D eigenvalue weighted by atomic mass is 35.5. The Morgan fingerprint density at radius 3 is 2.47 bits per heavy atom. The third kappa shape index (κ3) is 2.85. The van der Waals surface area contributed by atoms with Crippen LogP contribution in [0.4, 0.5) is 10.1 Å². The molecule has 0 spiro atoms. The Kier molecular flexibility index (Phi) is 3.47. The molecule has 15 heavy (non-hydrogen) atoms. The van der Waals surface area contributed by atoms with Crippen molar-refractivity contribution in [2.75, 3.05) is 5.32 Å². The van der Waals surface area contributed by atoms with Crippen molar-refractivity contribution in [1.82, 2.24) is 0 Å². The SMILES string of the molecule is F[C@H]1CCCC[C@@H]1Nc1ccc(Cl)cc1. The fourth-order valence-corrected chi connectivity index (χ4v) is 2.13. The molecule has 1 aromatic rings. The number of anilines is 1. The maximum atomic E-state index is 13.5. The van der Waals surface area contributed by atoms with E-state index in [-0.39, 0.29) is 6.04 Å². The minimum atomic E-state index is -0.713. The first-order valence-corrected chi connectivity index (χ1v) is 5.80. The number of hydrogen-bond acceptors (Lipinski definition) is 1. The Hall–Kier alpha value is -0.760. The van der Waals surface area contributed by atoms with Gasteiger partial charge in [-0.3, -0.25) is 0 Å². The lowest BCUT2D eigenvalue weighted by atomic mass is 9.93. The zero-order chi connectivity index (χ0) is 10.7. The molecule has 0 aromatic heterocycles. The van der Waals surface area contributed by atoms with Gasteiger partial charge in [0.25, 0.3) is 0 Å². The second-order valence-corrected chi connectivity index (χ2v) is 4.49. The molecule has 0 bridgehead atoms. The lowest BCUT2D eigenvalue weighted by Gasteiger charge is -2.27. The highest BCUT2D eigenvalue weighted by molar-refractivity contribution is 6.30. The monoisotopic (exact) mass is 227 g/mol. The number of nitrogens with one attached hydrogen (secondary N) is 1. The van der Waals surface area contributed by atoms with Crippen molar-refractivity contribution in [3.63, 3.8) is 0 Å². The summed E-state index contributed by atoms with van der Waals surface area (Å²) in [7, 11) is 0. The van der Waals surface area contributed by atoms with Crippen LogP contribution in [-0.4, -0.2) is 12.2 Å². The maximum Gasteiger partial charge on any atom is 0.120 e. The van der Waals surface area contributed by atoms with Crippen molar-refractivity contribution in [1.29, 1.82) is 0 Å². The molecule has 1 aromatic carbocycles. The highest BCUT2D eigenvalue weighted by Crippen LogP contribution is 2.25. The molecule has 0 radical (unpaired) electrons. The van der Waals surface area contributed by atoms with Crippen molar-refractivity contribution >= 4 is 17.3 Å². The predicted octanol–water partition coefficient (Wildman–Crippen LogP) is 4.03. The van der Waals surface area contributed by atoms with E-state index in [1.165, 1.54) is 0 Å². The Balaban J connectivity index is 1.98. The van der Waals surface area contributed by atoms with Gasteiger partial charge < -0.3 is 5.32 Å². The third-order valence-corrected chi connectivity index (χ3v) is 3.13. The van der Waals surface area contributed by atoms with Gasteiger partial charge in [0.05, 0.1) is 6.04 Å². The summed E-state index contributed by atoms with van der Waals surface area (Å²) >= 11 is 5.78. The van der Waals surface area contributed by atoms with Crippen molar-refractivity contribution in [3.8, 4) is 0 Å². The molecule has 0 heterocycles. The van der Waals surface area contributed by atoms with Gasteiger partial charge in [0.1, 0.15) is 6.17 Å². The highest BCUT2D eigenvalue weighted by Gasteiger charge is 2.24. The van der Waals surface area contributed by atoms with Gasteiger partial charge in [-0.1, -0.05) is 24.4 Å². The lowest BCUT2D eigenvalue weighted by Crippen LogP contribution is -2.33. The van der Waals surface area contributed by atoms with Crippen LogP contribution in [0.5, 0.6) is 0 Å². The summed E-state index contributed by atoms with van der Waals surface area (Å²) in [5.41, 5.74) is 0.953. The quantitative estimate of drug-likeness (QED) is 0.804. The van der Waals surface area contributed by atoms with Crippen molar-refractivity contribution in [3.05, 3.63) is 29.3 Å². The first-order chi connectivity index (χ1) is 7.25. The fraction of sp³-hybridized carbons (Fsp3) is 0.500. The average Bonchev–Trinajstić information content (AvgIpc) is 2.25. The zero-order valence-electron chi connectivity index (χ0n) is 8.55. The number of rotatable bonds is 2. The van der Waals surface area contributed by atoms with Gasteiger partial charge in [0.2, 0.25) is 0 Å². The van der Waals surface area contributed by atoms with Crippen LogP contribution in [0.15, 0.2) is 24.3 Å². The number of hydrogen-bond donors (Lipinski definition) is 1. The molecule has 1 N–H and O–H groups in total. The minimum absolute atomic E-state index is 0.0278. The number of benzene rings is 1. The van der Waals surface area contributed by atoms with Gasteiger partial charge in [0.15, 0.2) is 0 Å². The summed E-state index contributed by atoms with van der Waals surface area (Å²) in [5.74, 6) is 0. The van der Waals surface area contributed by atoms with Gasteiger partial charge in [-0.25, -0.2) is 4.39 Å². The lowest BCUT2D eigenvalue weighted by molar-refractivity contribution is 0.230. The Bertz CT molecular complexity index is 312. The van der Waals surface area contributed by atoms with Gasteiger partial charge in [-0.05, 0) is 37.1 Å². The van der Waals surface area contributed by atoms with E-state index in [2.05, 4.69) is 5.32 Å². The van der Waals surface area contributed by atoms with Gasteiger partial charge >= 0.3 is 0 Å². The van der Waals surface area contributed by atoms with Crippen molar-refractivity contribution in [2.45, 2.75) is 37.9 Å². The molecule has 1 fully saturated rings. The summed E-state index contributed by atoms with van der Waals surface area (Å²) in [4.78, 5) is 0. The van der Waals surface area contributed by atoms with Crippen LogP contribution < -0.4 is 5.32 Å². The van der Waals surface area contributed by atoms with Crippen LogP contribution in [0.2, 0.25) is 5.02 Å². The molecular formula is C12H15ClFN. The van der Waals surface area contributed by atoms with Crippen LogP contribution in [0, 0.1) is 0 Å². The van der Waals surface area contributed by atoms with E-state index in [0.717, 1.165) is 24.9 Å². The molecule has 2 rings (SSSR count). The molecule has 82 valence electrons. The van der Waals surface area contributed by atoms with E-state index < -0.39 is 6.17 Å². The predicted molar refractivity (Wildman–Crippen MR) is 62.2 cm³/mol. The minimum Gasteiger partial charge on any atom is -0.379 e. The first kappa shape index (κ1) is 10.7. The van der Waals surface area contributed by atoms with Gasteiger partial charge in [-0.2, -0.15) is 0 Å². The number of alkyl halides is 1. The Morgan fingerprint density at radius 1 is 1.13 bits per heavy atom. The Labute approximate surface area is 94.6 Å². The van der Waals surface area contributed by atoms with E-state index in [1.54, 1.807) is 0 Å². The smallest absolute Gasteiger partial charge is 0.120 e. The first-order valence-electron chi connectivity index (χ1n) is 5.42. The second-order valence-electron chi connectivity index (χ2n) is 4.06. The van der Waals surface area contributed by atoms with Gasteiger partial charge in [-0.15, -0.1) is 0 Å². The van der Waals surface area contributed by atoms with Gasteiger partial charge in [0, 0.05) is 10.7 Å². The van der Waals surface area contributed by atoms with E-state index in [4.69, 9.17) is 11.6 Å². The molecule has 0 unspecified atom stereocenters. The Morgan fingerprint density at radius 2 is 1.80 bits per heavy atom. The summed E-state index contributed by atoms with van der Waals surface area (Å²) in [6.45, 7) is 0. The molecule has 1 aliphatic carbocycles. The number of halogens is 2. The van der Waals surface area contributed by atoms with Crippen LogP contribution >= 0.6 is 11.6 Å². The maximum absolute atomic E-state index is 13.5. The normalized spacial score (nSPS) is 26.3. The van der Waals surface area contributed by atoms with Crippen molar-refractivity contribution in [2.24, 2.45) is 0 Å². The molecule has 0 amide bonds. The molecule has 2 atom stereocenters. The van der Waals surface area contributed by atoms with E-state index in [1.807, 2.05) is 24.3 Å². The molecule has 1 saturated carbocycles. The van der Waals surface area contributed by atoms with Crippen LogP contribution in [0.1, 0.15) is 25.7 Å². The van der Waals surface area contributed by atoms with Crippen LogP contribution in [-0.2, 0) is 0 Å². The second kappa shape index (κ2) is 4.84. The third-order valence-electron chi connectivity index (χ3n) is 2.88. The molecular weight excluding hydrogens is 213 g/mol. The van der Waals surface area contributed by atoms with Crippen molar-refractivity contribution < 1.29 is 4.39 Å². The zero-order valence-corrected chi connectivity index (χ0v) is 9.30. The van der Waals surface area contributed by atoms with Crippen LogP contribution in [0.3, 0.4) is 0 Å². The van der Waals surface area contributed by atoms with E-state index >= 15 is 0 Å². The van der Waals surface area contributed by atoms with E-state index in [0.29, 0.717) is 11.4 Å². The van der Waals surface area contributed by atoms with E-state index in [9.17, 15) is 4.39 Å². The summed E-state index contributed by atoms with van der Waals surface area (Å²) in [6, 6.07) is 7.40. The molecule has 0 saturated heterocycles. The molecule has 1 nitrogen and oxygen atoms in total. The summed E-state index contributed by atoms with van der Waals surface area (Å²) in [6.07, 6.45) is 3.02. The average molecular weight is 228 g/mol.